The van der Waals surface area contributed by atoms with Crippen LogP contribution in [0.15, 0.2) is 42.5 Å². The number of carbonyl (C=O) groups excluding carboxylic acids is 2. The molecule has 7 heteroatoms. The SMILES string of the molecule is CCCC(=O)Nc1nc2ccc(CCC(=O)NCc3ccccc3OC)cc2s1. The lowest BCUT2D eigenvalue weighted by atomic mass is 10.1. The number of carbonyl (C=O) groups is 2. The van der Waals surface area contributed by atoms with Crippen molar-refractivity contribution < 1.29 is 14.3 Å². The Hall–Kier alpha value is -2.93. The molecule has 0 aliphatic heterocycles. The summed E-state index contributed by atoms with van der Waals surface area (Å²) in [6.45, 7) is 2.41. The lowest BCUT2D eigenvalue weighted by Gasteiger charge is -2.09. The molecule has 2 aromatic carbocycles. The summed E-state index contributed by atoms with van der Waals surface area (Å²) in [5.74, 6) is 0.747. The number of nitrogens with one attached hydrogen (secondary N) is 2. The van der Waals surface area contributed by atoms with Gasteiger partial charge >= 0.3 is 0 Å². The summed E-state index contributed by atoms with van der Waals surface area (Å²) in [5, 5.41) is 6.40. The van der Waals surface area contributed by atoms with E-state index in [0.717, 1.165) is 33.5 Å². The molecular weight excluding hydrogens is 386 g/mol. The Morgan fingerprint density at radius 1 is 1.10 bits per heavy atom. The average molecular weight is 412 g/mol. The van der Waals surface area contributed by atoms with Crippen molar-refractivity contribution in [3.8, 4) is 5.75 Å². The fourth-order valence-corrected chi connectivity index (χ4v) is 3.92. The lowest BCUT2D eigenvalue weighted by molar-refractivity contribution is -0.121. The summed E-state index contributed by atoms with van der Waals surface area (Å²) in [6.07, 6.45) is 2.34. The minimum Gasteiger partial charge on any atom is -0.496 e. The Morgan fingerprint density at radius 3 is 2.72 bits per heavy atom. The van der Waals surface area contributed by atoms with Crippen LogP contribution in [0.3, 0.4) is 0 Å². The van der Waals surface area contributed by atoms with Crippen LogP contribution in [0.5, 0.6) is 5.75 Å². The highest BCUT2D eigenvalue weighted by atomic mass is 32.1. The van der Waals surface area contributed by atoms with E-state index < -0.39 is 0 Å². The van der Waals surface area contributed by atoms with Gasteiger partial charge in [-0.25, -0.2) is 4.98 Å². The van der Waals surface area contributed by atoms with Crippen LogP contribution >= 0.6 is 11.3 Å². The molecule has 0 unspecified atom stereocenters. The van der Waals surface area contributed by atoms with E-state index in [4.69, 9.17) is 4.74 Å². The second kappa shape index (κ2) is 10.0. The molecule has 1 aromatic heterocycles. The number of methoxy groups -OCH3 is 1. The summed E-state index contributed by atoms with van der Waals surface area (Å²) in [4.78, 5) is 28.4. The van der Waals surface area contributed by atoms with Crippen LogP contribution in [-0.4, -0.2) is 23.9 Å². The molecule has 0 bridgehead atoms. The molecule has 3 aromatic rings. The highest BCUT2D eigenvalue weighted by molar-refractivity contribution is 7.22. The molecule has 0 spiro atoms. The van der Waals surface area contributed by atoms with E-state index in [1.54, 1.807) is 7.11 Å². The number of hydrogen-bond donors (Lipinski definition) is 2. The maximum absolute atomic E-state index is 12.2. The molecule has 3 rings (SSSR count). The van der Waals surface area contributed by atoms with Gasteiger partial charge in [-0.15, -0.1) is 0 Å². The summed E-state index contributed by atoms with van der Waals surface area (Å²) >= 11 is 1.45. The summed E-state index contributed by atoms with van der Waals surface area (Å²) < 4.78 is 6.31. The van der Waals surface area contributed by atoms with E-state index in [9.17, 15) is 9.59 Å². The number of hydrogen-bond acceptors (Lipinski definition) is 5. The van der Waals surface area contributed by atoms with Crippen molar-refractivity contribution in [2.45, 2.75) is 39.2 Å². The van der Waals surface area contributed by atoms with Gasteiger partial charge in [0.2, 0.25) is 11.8 Å². The molecule has 0 saturated carbocycles. The predicted molar refractivity (Wildman–Crippen MR) is 116 cm³/mol. The molecule has 0 saturated heterocycles. The third-order valence-corrected chi connectivity index (χ3v) is 5.42. The van der Waals surface area contributed by atoms with E-state index in [-0.39, 0.29) is 11.8 Å². The van der Waals surface area contributed by atoms with Crippen molar-refractivity contribution in [2.75, 3.05) is 12.4 Å². The van der Waals surface area contributed by atoms with Crippen molar-refractivity contribution in [3.05, 3.63) is 53.6 Å². The Bertz CT molecular complexity index is 1000. The van der Waals surface area contributed by atoms with Gasteiger partial charge in [0.1, 0.15) is 5.75 Å². The predicted octanol–water partition coefficient (Wildman–Crippen LogP) is 4.29. The average Bonchev–Trinajstić information content (AvgIpc) is 3.12. The van der Waals surface area contributed by atoms with Crippen molar-refractivity contribution in [1.82, 2.24) is 10.3 Å². The van der Waals surface area contributed by atoms with Gasteiger partial charge in [0, 0.05) is 24.9 Å². The molecule has 2 amide bonds. The standard InChI is InChI=1S/C22H25N3O3S/c1-3-6-21(27)25-22-24-17-11-9-15(13-19(17)29-22)10-12-20(26)23-14-16-7-4-5-8-18(16)28-2/h4-5,7-9,11,13H,3,6,10,12,14H2,1-2H3,(H,23,26)(H,24,25,27). The van der Waals surface area contributed by atoms with Crippen molar-refractivity contribution in [1.29, 1.82) is 0 Å². The van der Waals surface area contributed by atoms with Crippen molar-refractivity contribution >= 4 is 38.5 Å². The first-order chi connectivity index (χ1) is 14.1. The Labute approximate surface area is 174 Å². The molecule has 0 aliphatic rings. The maximum atomic E-state index is 12.2. The minimum absolute atomic E-state index is 0.00664. The first-order valence-electron chi connectivity index (χ1n) is 9.67. The fourth-order valence-electron chi connectivity index (χ4n) is 2.98. The number of ether oxygens (including phenoxy) is 1. The molecule has 0 aliphatic carbocycles. The van der Waals surface area contributed by atoms with Gasteiger partial charge in [-0.05, 0) is 36.6 Å². The second-order valence-electron chi connectivity index (χ2n) is 6.71. The molecule has 152 valence electrons. The van der Waals surface area contributed by atoms with E-state index in [2.05, 4.69) is 15.6 Å². The molecule has 1 heterocycles. The van der Waals surface area contributed by atoms with E-state index in [1.165, 1.54) is 11.3 Å². The molecule has 6 nitrogen and oxygen atoms in total. The number of rotatable bonds is 9. The zero-order chi connectivity index (χ0) is 20.6. The highest BCUT2D eigenvalue weighted by Crippen LogP contribution is 2.27. The van der Waals surface area contributed by atoms with Gasteiger partial charge in [0.25, 0.3) is 0 Å². The summed E-state index contributed by atoms with van der Waals surface area (Å²) in [6, 6.07) is 13.6. The van der Waals surface area contributed by atoms with Crippen LogP contribution in [0, 0.1) is 0 Å². The van der Waals surface area contributed by atoms with Crippen LogP contribution in [0.1, 0.15) is 37.3 Å². The quantitative estimate of drug-likeness (QED) is 0.550. The number of benzene rings is 2. The van der Waals surface area contributed by atoms with Crippen LogP contribution in [0.2, 0.25) is 0 Å². The summed E-state index contributed by atoms with van der Waals surface area (Å²) in [7, 11) is 1.62. The molecular formula is C22H25N3O3S. The third-order valence-electron chi connectivity index (χ3n) is 4.49. The molecule has 0 radical (unpaired) electrons. The van der Waals surface area contributed by atoms with Crippen LogP contribution in [-0.2, 0) is 22.6 Å². The Morgan fingerprint density at radius 2 is 1.93 bits per heavy atom. The Kier molecular flexibility index (Phi) is 7.19. The van der Waals surface area contributed by atoms with Gasteiger partial charge in [0.15, 0.2) is 5.13 Å². The van der Waals surface area contributed by atoms with Gasteiger partial charge in [-0.2, -0.15) is 0 Å². The highest BCUT2D eigenvalue weighted by Gasteiger charge is 2.09. The summed E-state index contributed by atoms with van der Waals surface area (Å²) in [5.41, 5.74) is 2.87. The second-order valence-corrected chi connectivity index (χ2v) is 7.74. The van der Waals surface area contributed by atoms with Crippen LogP contribution < -0.4 is 15.4 Å². The van der Waals surface area contributed by atoms with Crippen molar-refractivity contribution in [3.63, 3.8) is 0 Å². The molecule has 2 N–H and O–H groups in total. The van der Waals surface area contributed by atoms with Crippen LogP contribution in [0.4, 0.5) is 5.13 Å². The molecule has 29 heavy (non-hydrogen) atoms. The molecule has 0 atom stereocenters. The normalized spacial score (nSPS) is 10.7. The maximum Gasteiger partial charge on any atom is 0.226 e. The van der Waals surface area contributed by atoms with E-state index in [1.807, 2.05) is 49.4 Å². The van der Waals surface area contributed by atoms with Crippen molar-refractivity contribution in [2.24, 2.45) is 0 Å². The van der Waals surface area contributed by atoms with Gasteiger partial charge < -0.3 is 15.4 Å². The Balaban J connectivity index is 1.54. The van der Waals surface area contributed by atoms with E-state index >= 15 is 0 Å². The lowest BCUT2D eigenvalue weighted by Crippen LogP contribution is -2.23. The smallest absolute Gasteiger partial charge is 0.226 e. The van der Waals surface area contributed by atoms with Crippen LogP contribution in [0.25, 0.3) is 10.2 Å². The monoisotopic (exact) mass is 411 g/mol. The molecule has 0 fully saturated rings. The number of thiazole rings is 1. The van der Waals surface area contributed by atoms with Gasteiger partial charge in [-0.3, -0.25) is 9.59 Å². The number of fused-ring (bicyclic) bond motifs is 1. The number of para-hydroxylation sites is 1. The van der Waals surface area contributed by atoms with E-state index in [0.29, 0.717) is 30.9 Å². The number of aromatic nitrogens is 1. The third kappa shape index (κ3) is 5.77. The largest absolute Gasteiger partial charge is 0.496 e. The number of anilines is 1. The van der Waals surface area contributed by atoms with Gasteiger partial charge in [-0.1, -0.05) is 42.5 Å². The minimum atomic E-state index is -0.0153. The zero-order valence-electron chi connectivity index (χ0n) is 16.7. The number of aryl methyl sites for hydroxylation is 1. The van der Waals surface area contributed by atoms with Gasteiger partial charge in [0.05, 0.1) is 17.3 Å². The number of amides is 2. The first kappa shape index (κ1) is 20.8. The number of nitrogens with zero attached hydrogens (tertiary/aromatic N) is 1. The fraction of sp³-hybridized carbons (Fsp3) is 0.318. The zero-order valence-corrected chi connectivity index (χ0v) is 17.5. The first-order valence-corrected chi connectivity index (χ1v) is 10.5. The topological polar surface area (TPSA) is 80.3 Å².